The van der Waals surface area contributed by atoms with Crippen LogP contribution >= 0.6 is 0 Å². The van der Waals surface area contributed by atoms with Gasteiger partial charge in [-0.2, -0.15) is 0 Å². The molecule has 0 bridgehead atoms. The van der Waals surface area contributed by atoms with E-state index in [1.54, 1.807) is 5.57 Å². The molecular weight excluding hydrogens is 168 g/mol. The summed E-state index contributed by atoms with van der Waals surface area (Å²) in [5, 5.41) is 0. The van der Waals surface area contributed by atoms with Gasteiger partial charge in [0, 0.05) is 0 Å². The van der Waals surface area contributed by atoms with Crippen molar-refractivity contribution < 1.29 is 0 Å². The summed E-state index contributed by atoms with van der Waals surface area (Å²) in [6.45, 7) is 9.19. The van der Waals surface area contributed by atoms with Gasteiger partial charge in [-0.3, -0.25) is 0 Å². The van der Waals surface area contributed by atoms with Gasteiger partial charge in [0.1, 0.15) is 0 Å². The third-order valence-corrected chi connectivity index (χ3v) is 3.07. The van der Waals surface area contributed by atoms with Crippen LogP contribution in [0.15, 0.2) is 11.6 Å². The second-order valence-electron chi connectivity index (χ2n) is 4.41. The van der Waals surface area contributed by atoms with Crippen molar-refractivity contribution in [3.8, 4) is 0 Å². The highest BCUT2D eigenvalue weighted by Gasteiger charge is 1.99. The monoisotopic (exact) mass is 196 g/mol. The fourth-order valence-electron chi connectivity index (χ4n) is 1.65. The van der Waals surface area contributed by atoms with E-state index in [1.165, 1.54) is 44.9 Å². The van der Waals surface area contributed by atoms with E-state index in [4.69, 9.17) is 0 Å². The van der Waals surface area contributed by atoms with Gasteiger partial charge in [-0.05, 0) is 31.6 Å². The van der Waals surface area contributed by atoms with Gasteiger partial charge in [-0.1, -0.05) is 58.6 Å². The fourth-order valence-corrected chi connectivity index (χ4v) is 1.65. The first-order chi connectivity index (χ1) is 6.74. The highest BCUT2D eigenvalue weighted by atomic mass is 14.1. The van der Waals surface area contributed by atoms with Gasteiger partial charge < -0.3 is 0 Å². The molecule has 0 aromatic rings. The lowest BCUT2D eigenvalue weighted by atomic mass is 9.98. The zero-order chi connectivity index (χ0) is 10.8. The van der Waals surface area contributed by atoms with Crippen molar-refractivity contribution >= 4 is 0 Å². The molecular formula is C14H28. The number of rotatable bonds is 8. The first-order valence-corrected chi connectivity index (χ1v) is 6.42. The number of unbranched alkanes of at least 4 members (excludes halogenated alkanes) is 1. The summed E-state index contributed by atoms with van der Waals surface area (Å²) in [5.41, 5.74) is 1.68. The quantitative estimate of drug-likeness (QED) is 0.460. The van der Waals surface area contributed by atoms with E-state index in [0.717, 1.165) is 5.92 Å². The second kappa shape index (κ2) is 9.30. The lowest BCUT2D eigenvalue weighted by Gasteiger charge is -2.09. The molecule has 0 aliphatic heterocycles. The third kappa shape index (κ3) is 7.17. The highest BCUT2D eigenvalue weighted by molar-refractivity contribution is 5.00. The Bertz CT molecular complexity index is 144. The molecule has 0 saturated carbocycles. The molecule has 0 rings (SSSR count). The summed E-state index contributed by atoms with van der Waals surface area (Å²) in [7, 11) is 0. The average molecular weight is 196 g/mol. The minimum atomic E-state index is 0.916. The smallest absolute Gasteiger partial charge is 0.0320 e. The van der Waals surface area contributed by atoms with Crippen LogP contribution in [-0.4, -0.2) is 0 Å². The summed E-state index contributed by atoms with van der Waals surface area (Å²) in [5.74, 6) is 0.916. The molecule has 1 atom stereocenters. The lowest BCUT2D eigenvalue weighted by Crippen LogP contribution is -1.92. The molecule has 0 amide bonds. The van der Waals surface area contributed by atoms with Gasteiger partial charge in [0.05, 0.1) is 0 Å². The SMILES string of the molecule is CCCC=C(CC)CCCC(C)CC. The van der Waals surface area contributed by atoms with Crippen LogP contribution < -0.4 is 0 Å². The minimum absolute atomic E-state index is 0.916. The van der Waals surface area contributed by atoms with Crippen LogP contribution in [-0.2, 0) is 0 Å². The van der Waals surface area contributed by atoms with Crippen molar-refractivity contribution in [2.24, 2.45) is 5.92 Å². The molecule has 14 heavy (non-hydrogen) atoms. The van der Waals surface area contributed by atoms with Crippen molar-refractivity contribution in [3.05, 3.63) is 11.6 Å². The van der Waals surface area contributed by atoms with Crippen molar-refractivity contribution in [3.63, 3.8) is 0 Å². The predicted octanol–water partition coefficient (Wildman–Crippen LogP) is 5.34. The van der Waals surface area contributed by atoms with Crippen LogP contribution in [0.3, 0.4) is 0 Å². The van der Waals surface area contributed by atoms with E-state index in [0.29, 0.717) is 0 Å². The Morgan fingerprint density at radius 1 is 1.21 bits per heavy atom. The Morgan fingerprint density at radius 3 is 2.43 bits per heavy atom. The van der Waals surface area contributed by atoms with E-state index < -0.39 is 0 Å². The largest absolute Gasteiger partial charge is 0.0854 e. The number of allylic oxidation sites excluding steroid dienone is 2. The van der Waals surface area contributed by atoms with Crippen LogP contribution in [0.2, 0.25) is 0 Å². The second-order valence-corrected chi connectivity index (χ2v) is 4.41. The average Bonchev–Trinajstić information content (AvgIpc) is 2.22. The minimum Gasteiger partial charge on any atom is -0.0854 e. The molecule has 0 heteroatoms. The number of hydrogen-bond donors (Lipinski definition) is 0. The summed E-state index contributed by atoms with van der Waals surface area (Å²) in [6, 6.07) is 0. The van der Waals surface area contributed by atoms with Crippen molar-refractivity contribution in [2.75, 3.05) is 0 Å². The summed E-state index contributed by atoms with van der Waals surface area (Å²) >= 11 is 0. The fraction of sp³-hybridized carbons (Fsp3) is 0.857. The van der Waals surface area contributed by atoms with Gasteiger partial charge >= 0.3 is 0 Å². The summed E-state index contributed by atoms with van der Waals surface area (Å²) < 4.78 is 0. The van der Waals surface area contributed by atoms with E-state index in [-0.39, 0.29) is 0 Å². The molecule has 0 nitrogen and oxygen atoms in total. The van der Waals surface area contributed by atoms with E-state index in [9.17, 15) is 0 Å². The molecule has 0 heterocycles. The molecule has 0 aromatic carbocycles. The van der Waals surface area contributed by atoms with Gasteiger partial charge in [0.15, 0.2) is 0 Å². The Kier molecular flexibility index (Phi) is 9.13. The van der Waals surface area contributed by atoms with E-state index in [1.807, 2.05) is 0 Å². The maximum atomic E-state index is 2.45. The van der Waals surface area contributed by atoms with Crippen LogP contribution in [0.25, 0.3) is 0 Å². The molecule has 84 valence electrons. The standard InChI is InChI=1S/C14H28/c1-5-8-11-14(7-3)12-9-10-13(4)6-2/h11,13H,5-10,12H2,1-4H3. The van der Waals surface area contributed by atoms with Crippen molar-refractivity contribution in [1.82, 2.24) is 0 Å². The first-order valence-electron chi connectivity index (χ1n) is 6.42. The Hall–Kier alpha value is -0.260. The van der Waals surface area contributed by atoms with E-state index >= 15 is 0 Å². The normalized spacial score (nSPS) is 14.4. The maximum absolute atomic E-state index is 2.45. The van der Waals surface area contributed by atoms with Crippen LogP contribution in [0.4, 0.5) is 0 Å². The molecule has 0 aromatic heterocycles. The van der Waals surface area contributed by atoms with Gasteiger partial charge in [-0.25, -0.2) is 0 Å². The third-order valence-electron chi connectivity index (χ3n) is 3.07. The zero-order valence-electron chi connectivity index (χ0n) is 10.6. The molecule has 0 spiro atoms. The van der Waals surface area contributed by atoms with Crippen LogP contribution in [0.1, 0.15) is 72.6 Å². The molecule has 1 unspecified atom stereocenters. The number of hydrogen-bond acceptors (Lipinski definition) is 0. The van der Waals surface area contributed by atoms with Crippen LogP contribution in [0, 0.1) is 5.92 Å². The Morgan fingerprint density at radius 2 is 1.93 bits per heavy atom. The lowest BCUT2D eigenvalue weighted by molar-refractivity contribution is 0.493. The molecule has 0 aliphatic rings. The molecule has 0 fully saturated rings. The maximum Gasteiger partial charge on any atom is -0.0320 e. The van der Waals surface area contributed by atoms with E-state index in [2.05, 4.69) is 33.8 Å². The van der Waals surface area contributed by atoms with Crippen molar-refractivity contribution in [1.29, 1.82) is 0 Å². The molecule has 0 aliphatic carbocycles. The summed E-state index contributed by atoms with van der Waals surface area (Å²) in [4.78, 5) is 0. The van der Waals surface area contributed by atoms with Gasteiger partial charge in [0.25, 0.3) is 0 Å². The van der Waals surface area contributed by atoms with Gasteiger partial charge in [0.2, 0.25) is 0 Å². The zero-order valence-corrected chi connectivity index (χ0v) is 10.6. The highest BCUT2D eigenvalue weighted by Crippen LogP contribution is 2.17. The summed E-state index contributed by atoms with van der Waals surface area (Å²) in [6.07, 6.45) is 11.7. The first kappa shape index (κ1) is 13.7. The van der Waals surface area contributed by atoms with Crippen molar-refractivity contribution in [2.45, 2.75) is 72.6 Å². The molecule has 0 saturated heterocycles. The molecule has 0 N–H and O–H groups in total. The topological polar surface area (TPSA) is 0 Å². The molecule has 0 radical (unpaired) electrons. The van der Waals surface area contributed by atoms with Gasteiger partial charge in [-0.15, -0.1) is 0 Å². The predicted molar refractivity (Wildman–Crippen MR) is 66.6 cm³/mol. The Balaban J connectivity index is 3.62. The Labute approximate surface area is 90.8 Å². The van der Waals surface area contributed by atoms with Crippen LogP contribution in [0.5, 0.6) is 0 Å².